The molecular formula is C19H24N2O5. The molecule has 1 fully saturated rings. The second-order valence-electron chi connectivity index (χ2n) is 6.89. The lowest BCUT2D eigenvalue weighted by Crippen LogP contribution is -2.46. The maximum atomic E-state index is 12.5. The number of hydrogen-bond donors (Lipinski definition) is 1. The number of likely N-dealkylation sites (tertiary alicyclic amines) is 1. The topological polar surface area (TPSA) is 87.2 Å². The Morgan fingerprint density at radius 1 is 1.23 bits per heavy atom. The number of amides is 2. The van der Waals surface area contributed by atoms with Crippen LogP contribution in [0.1, 0.15) is 32.6 Å². The molecule has 26 heavy (non-hydrogen) atoms. The number of aliphatic carboxylic acids is 1. The number of benzene rings is 1. The molecule has 0 radical (unpaired) electrons. The highest BCUT2D eigenvalue weighted by atomic mass is 16.5. The molecule has 0 aromatic heterocycles. The molecule has 0 saturated carbocycles. The molecule has 7 nitrogen and oxygen atoms in total. The smallest absolute Gasteiger partial charge is 0.303 e. The first-order valence-electron chi connectivity index (χ1n) is 9.02. The van der Waals surface area contributed by atoms with Crippen LogP contribution in [-0.2, 0) is 14.4 Å². The third-order valence-corrected chi connectivity index (χ3v) is 5.05. The number of carboxylic acid groups (broad SMARTS) is 1. The van der Waals surface area contributed by atoms with Crippen LogP contribution in [-0.4, -0.2) is 53.5 Å². The van der Waals surface area contributed by atoms with Crippen molar-refractivity contribution in [3.8, 4) is 5.75 Å². The molecule has 140 valence electrons. The van der Waals surface area contributed by atoms with Gasteiger partial charge in [-0.1, -0.05) is 12.1 Å². The minimum Gasteiger partial charge on any atom is -0.481 e. The number of para-hydroxylation sites is 2. The predicted molar refractivity (Wildman–Crippen MR) is 95.1 cm³/mol. The molecule has 2 aliphatic heterocycles. The molecule has 1 atom stereocenters. The SMILES string of the molecule is CC1Oc2ccccc2N(CCC(=O)N2CCC(CC(=O)O)CC2)C1=O. The van der Waals surface area contributed by atoms with Crippen molar-refractivity contribution < 1.29 is 24.2 Å². The van der Waals surface area contributed by atoms with Gasteiger partial charge in [-0.2, -0.15) is 0 Å². The van der Waals surface area contributed by atoms with Crippen LogP contribution in [0.3, 0.4) is 0 Å². The van der Waals surface area contributed by atoms with Crippen molar-refractivity contribution in [2.45, 2.75) is 38.7 Å². The normalized spacial score (nSPS) is 20.5. The van der Waals surface area contributed by atoms with Gasteiger partial charge in [0, 0.05) is 32.5 Å². The average molecular weight is 360 g/mol. The van der Waals surface area contributed by atoms with Gasteiger partial charge in [-0.15, -0.1) is 0 Å². The first kappa shape index (κ1) is 18.2. The summed E-state index contributed by atoms with van der Waals surface area (Å²) in [7, 11) is 0. The van der Waals surface area contributed by atoms with Crippen LogP contribution in [0.15, 0.2) is 24.3 Å². The molecule has 1 aromatic carbocycles. The van der Waals surface area contributed by atoms with Gasteiger partial charge in [0.1, 0.15) is 5.75 Å². The zero-order valence-corrected chi connectivity index (χ0v) is 14.9. The van der Waals surface area contributed by atoms with Gasteiger partial charge < -0.3 is 19.6 Å². The molecule has 2 aliphatic rings. The predicted octanol–water partition coefficient (Wildman–Crippen LogP) is 1.90. The molecule has 0 aliphatic carbocycles. The fraction of sp³-hybridized carbons (Fsp3) is 0.526. The minimum absolute atomic E-state index is 0.00296. The van der Waals surface area contributed by atoms with Crippen LogP contribution in [0.4, 0.5) is 5.69 Å². The van der Waals surface area contributed by atoms with E-state index in [1.807, 2.05) is 24.3 Å². The third-order valence-electron chi connectivity index (χ3n) is 5.05. The first-order valence-corrected chi connectivity index (χ1v) is 9.02. The number of piperidine rings is 1. The van der Waals surface area contributed by atoms with E-state index in [0.717, 1.165) is 0 Å². The van der Waals surface area contributed by atoms with Gasteiger partial charge in [-0.25, -0.2) is 0 Å². The lowest BCUT2D eigenvalue weighted by atomic mass is 9.93. The molecule has 1 unspecified atom stereocenters. The summed E-state index contributed by atoms with van der Waals surface area (Å²) < 4.78 is 5.61. The fourth-order valence-corrected chi connectivity index (χ4v) is 3.59. The molecular weight excluding hydrogens is 336 g/mol. The molecule has 2 amide bonds. The number of carboxylic acids is 1. The summed E-state index contributed by atoms with van der Waals surface area (Å²) in [6.07, 6.45) is 1.28. The van der Waals surface area contributed by atoms with Crippen LogP contribution in [0.25, 0.3) is 0 Å². The summed E-state index contributed by atoms with van der Waals surface area (Å²) in [4.78, 5) is 39.1. The average Bonchev–Trinajstić information content (AvgIpc) is 2.62. The number of carbonyl (C=O) groups excluding carboxylic acids is 2. The highest BCUT2D eigenvalue weighted by Gasteiger charge is 2.32. The molecule has 1 aromatic rings. The van der Waals surface area contributed by atoms with Gasteiger partial charge in [0.15, 0.2) is 6.10 Å². The molecule has 2 heterocycles. The Hall–Kier alpha value is -2.57. The number of carbonyl (C=O) groups is 3. The standard InChI is InChI=1S/C19H24N2O5/c1-13-19(25)21(15-4-2-3-5-16(15)26-13)11-8-17(22)20-9-6-14(7-10-20)12-18(23)24/h2-5,13-14H,6-12H2,1H3,(H,23,24). The highest BCUT2D eigenvalue weighted by molar-refractivity contribution is 6.00. The van der Waals surface area contributed by atoms with Crippen molar-refractivity contribution in [3.05, 3.63) is 24.3 Å². The molecule has 1 N–H and O–H groups in total. The van der Waals surface area contributed by atoms with Gasteiger partial charge in [0.05, 0.1) is 5.69 Å². The summed E-state index contributed by atoms with van der Waals surface area (Å²) in [5, 5.41) is 8.87. The zero-order valence-electron chi connectivity index (χ0n) is 14.9. The molecule has 7 heteroatoms. The number of hydrogen-bond acceptors (Lipinski definition) is 4. The van der Waals surface area contributed by atoms with E-state index in [9.17, 15) is 14.4 Å². The Labute approximate surface area is 152 Å². The maximum absolute atomic E-state index is 12.5. The van der Waals surface area contributed by atoms with Crippen molar-refractivity contribution in [3.63, 3.8) is 0 Å². The molecule has 0 bridgehead atoms. The lowest BCUT2D eigenvalue weighted by molar-refractivity contribution is -0.138. The van der Waals surface area contributed by atoms with Crippen LogP contribution >= 0.6 is 0 Å². The van der Waals surface area contributed by atoms with E-state index < -0.39 is 12.1 Å². The van der Waals surface area contributed by atoms with E-state index in [-0.39, 0.29) is 30.6 Å². The fourth-order valence-electron chi connectivity index (χ4n) is 3.59. The number of rotatable bonds is 5. The van der Waals surface area contributed by atoms with Gasteiger partial charge in [-0.3, -0.25) is 14.4 Å². The second-order valence-corrected chi connectivity index (χ2v) is 6.89. The van der Waals surface area contributed by atoms with Gasteiger partial charge in [0.2, 0.25) is 5.91 Å². The maximum Gasteiger partial charge on any atom is 0.303 e. The van der Waals surface area contributed by atoms with E-state index >= 15 is 0 Å². The zero-order chi connectivity index (χ0) is 18.7. The van der Waals surface area contributed by atoms with Crippen molar-refractivity contribution in [1.82, 2.24) is 4.90 Å². The Morgan fingerprint density at radius 2 is 1.92 bits per heavy atom. The van der Waals surface area contributed by atoms with Gasteiger partial charge >= 0.3 is 5.97 Å². The number of nitrogens with zero attached hydrogens (tertiary/aromatic N) is 2. The Morgan fingerprint density at radius 3 is 2.62 bits per heavy atom. The van der Waals surface area contributed by atoms with Gasteiger partial charge in [-0.05, 0) is 37.8 Å². The third kappa shape index (κ3) is 3.98. The minimum atomic E-state index is -0.784. The van der Waals surface area contributed by atoms with E-state index in [4.69, 9.17) is 9.84 Å². The summed E-state index contributed by atoms with van der Waals surface area (Å²) in [6.45, 7) is 3.19. The Balaban J connectivity index is 1.56. The first-order chi connectivity index (χ1) is 12.5. The summed E-state index contributed by atoms with van der Waals surface area (Å²) in [5.74, 6) is -0.125. The van der Waals surface area contributed by atoms with Crippen molar-refractivity contribution in [1.29, 1.82) is 0 Å². The quantitative estimate of drug-likeness (QED) is 0.867. The van der Waals surface area contributed by atoms with E-state index in [1.54, 1.807) is 16.7 Å². The highest BCUT2D eigenvalue weighted by Crippen LogP contribution is 2.33. The van der Waals surface area contributed by atoms with Crippen LogP contribution in [0, 0.1) is 5.92 Å². The number of fused-ring (bicyclic) bond motifs is 1. The lowest BCUT2D eigenvalue weighted by Gasteiger charge is -2.34. The Kier molecular flexibility index (Phi) is 5.44. The monoisotopic (exact) mass is 360 g/mol. The van der Waals surface area contributed by atoms with E-state index in [1.165, 1.54) is 0 Å². The van der Waals surface area contributed by atoms with Crippen LogP contribution in [0.2, 0.25) is 0 Å². The van der Waals surface area contributed by atoms with Crippen molar-refractivity contribution in [2.24, 2.45) is 5.92 Å². The summed E-state index contributed by atoms with van der Waals surface area (Å²) in [5.41, 5.74) is 0.698. The second kappa shape index (κ2) is 7.76. The molecule has 3 rings (SSSR count). The molecule has 0 spiro atoms. The van der Waals surface area contributed by atoms with E-state index in [0.29, 0.717) is 43.9 Å². The van der Waals surface area contributed by atoms with Crippen LogP contribution < -0.4 is 9.64 Å². The summed E-state index contributed by atoms with van der Waals surface area (Å²) >= 11 is 0. The van der Waals surface area contributed by atoms with Crippen molar-refractivity contribution in [2.75, 3.05) is 24.5 Å². The number of anilines is 1. The van der Waals surface area contributed by atoms with Gasteiger partial charge in [0.25, 0.3) is 5.91 Å². The Bertz CT molecular complexity index is 697. The molecule has 1 saturated heterocycles. The van der Waals surface area contributed by atoms with E-state index in [2.05, 4.69) is 0 Å². The van der Waals surface area contributed by atoms with Crippen LogP contribution in [0.5, 0.6) is 5.75 Å². The summed E-state index contributed by atoms with van der Waals surface area (Å²) in [6, 6.07) is 7.33. The largest absolute Gasteiger partial charge is 0.481 e. The van der Waals surface area contributed by atoms with Crippen molar-refractivity contribution >= 4 is 23.5 Å². The number of ether oxygens (including phenoxy) is 1.